The molecule has 1 aliphatic rings. The minimum Gasteiger partial charge on any atom is -0.468 e. The summed E-state index contributed by atoms with van der Waals surface area (Å²) in [5.74, 6) is 1.16. The Morgan fingerprint density at radius 1 is 1.35 bits per heavy atom. The molecule has 1 fully saturated rings. The first-order valence-corrected chi connectivity index (χ1v) is 7.41. The molecule has 0 aromatic carbocycles. The Bertz CT molecular complexity index is 410. The van der Waals surface area contributed by atoms with Crippen LogP contribution in [0.3, 0.4) is 0 Å². The summed E-state index contributed by atoms with van der Waals surface area (Å²) in [7, 11) is -3.03. The Balaban J connectivity index is 0.00000144. The van der Waals surface area contributed by atoms with Crippen molar-refractivity contribution in [2.45, 2.75) is 18.6 Å². The monoisotopic (exact) mass is 279 g/mol. The standard InChI is InChI=1S/C11H17NO3S.ClH/c13-16(14,9-11-2-1-7-15-11)8-10-3-5-12-6-4-10;/h1-2,7,10,12H,3-6,8-9H2;1H. The van der Waals surface area contributed by atoms with Crippen LogP contribution in [0.5, 0.6) is 0 Å². The maximum absolute atomic E-state index is 11.9. The Labute approximate surface area is 108 Å². The van der Waals surface area contributed by atoms with Crippen LogP contribution in [0.1, 0.15) is 18.6 Å². The predicted octanol–water partition coefficient (Wildman–Crippen LogP) is 1.62. The van der Waals surface area contributed by atoms with Crippen LogP contribution in [0.4, 0.5) is 0 Å². The van der Waals surface area contributed by atoms with E-state index in [9.17, 15) is 8.42 Å². The number of halogens is 1. The van der Waals surface area contributed by atoms with E-state index >= 15 is 0 Å². The highest BCUT2D eigenvalue weighted by molar-refractivity contribution is 7.90. The Morgan fingerprint density at radius 2 is 2.06 bits per heavy atom. The first-order chi connectivity index (χ1) is 7.66. The van der Waals surface area contributed by atoms with Crippen molar-refractivity contribution in [3.05, 3.63) is 24.2 Å². The summed E-state index contributed by atoms with van der Waals surface area (Å²) in [4.78, 5) is 0. The molecule has 17 heavy (non-hydrogen) atoms. The van der Waals surface area contributed by atoms with Gasteiger partial charge in [-0.25, -0.2) is 8.42 Å². The second-order valence-corrected chi connectivity index (χ2v) is 6.44. The second-order valence-electron chi connectivity index (χ2n) is 4.33. The summed E-state index contributed by atoms with van der Waals surface area (Å²) >= 11 is 0. The average molecular weight is 280 g/mol. The molecule has 0 amide bonds. The van der Waals surface area contributed by atoms with Crippen LogP contribution in [0, 0.1) is 5.92 Å². The molecule has 2 rings (SSSR count). The molecule has 0 bridgehead atoms. The average Bonchev–Trinajstić information content (AvgIpc) is 2.70. The molecular formula is C11H18ClNO3S. The van der Waals surface area contributed by atoms with Gasteiger partial charge in [0.1, 0.15) is 11.5 Å². The van der Waals surface area contributed by atoms with Gasteiger partial charge >= 0.3 is 0 Å². The van der Waals surface area contributed by atoms with Crippen LogP contribution >= 0.6 is 12.4 Å². The van der Waals surface area contributed by atoms with Gasteiger partial charge in [-0.1, -0.05) is 0 Å². The van der Waals surface area contributed by atoms with Crippen LogP contribution in [0.2, 0.25) is 0 Å². The smallest absolute Gasteiger partial charge is 0.157 e. The zero-order valence-corrected chi connectivity index (χ0v) is 11.2. The van der Waals surface area contributed by atoms with Gasteiger partial charge in [-0.05, 0) is 44.0 Å². The van der Waals surface area contributed by atoms with Crippen LogP contribution in [-0.2, 0) is 15.6 Å². The van der Waals surface area contributed by atoms with Crippen molar-refractivity contribution >= 4 is 22.2 Å². The minimum atomic E-state index is -3.03. The van der Waals surface area contributed by atoms with Gasteiger partial charge in [0.2, 0.25) is 0 Å². The first-order valence-electron chi connectivity index (χ1n) is 5.59. The van der Waals surface area contributed by atoms with Gasteiger partial charge < -0.3 is 9.73 Å². The Kier molecular flexibility index (Phi) is 5.49. The van der Waals surface area contributed by atoms with E-state index in [4.69, 9.17) is 4.42 Å². The third-order valence-corrected chi connectivity index (χ3v) is 4.59. The van der Waals surface area contributed by atoms with Crippen molar-refractivity contribution in [1.82, 2.24) is 5.32 Å². The molecule has 98 valence electrons. The predicted molar refractivity (Wildman–Crippen MR) is 69.0 cm³/mol. The lowest BCUT2D eigenvalue weighted by Gasteiger charge is -2.22. The van der Waals surface area contributed by atoms with E-state index in [1.54, 1.807) is 12.1 Å². The summed E-state index contributed by atoms with van der Waals surface area (Å²) in [5.41, 5.74) is 0. The minimum absolute atomic E-state index is 0. The third kappa shape index (κ3) is 4.69. The highest BCUT2D eigenvalue weighted by Gasteiger charge is 2.22. The summed E-state index contributed by atoms with van der Waals surface area (Å²) in [6.45, 7) is 1.86. The fourth-order valence-electron chi connectivity index (χ4n) is 2.08. The van der Waals surface area contributed by atoms with E-state index in [0.717, 1.165) is 25.9 Å². The lowest BCUT2D eigenvalue weighted by atomic mass is 10.0. The molecule has 1 aromatic heterocycles. The Morgan fingerprint density at radius 3 is 2.65 bits per heavy atom. The zero-order valence-electron chi connectivity index (χ0n) is 9.59. The zero-order chi connectivity index (χ0) is 11.4. The van der Waals surface area contributed by atoms with E-state index in [2.05, 4.69) is 5.32 Å². The lowest BCUT2D eigenvalue weighted by Crippen LogP contribution is -2.31. The van der Waals surface area contributed by atoms with E-state index in [-0.39, 0.29) is 23.9 Å². The van der Waals surface area contributed by atoms with Gasteiger partial charge in [0, 0.05) is 0 Å². The highest BCUT2D eigenvalue weighted by atomic mass is 35.5. The van der Waals surface area contributed by atoms with Crippen LogP contribution < -0.4 is 5.32 Å². The van der Waals surface area contributed by atoms with Crippen LogP contribution in [-0.4, -0.2) is 27.3 Å². The first kappa shape index (κ1) is 14.5. The van der Waals surface area contributed by atoms with Crippen molar-refractivity contribution in [2.24, 2.45) is 5.92 Å². The van der Waals surface area contributed by atoms with Gasteiger partial charge in [-0.3, -0.25) is 0 Å². The fraction of sp³-hybridized carbons (Fsp3) is 0.636. The molecule has 0 aliphatic carbocycles. The van der Waals surface area contributed by atoms with Crippen molar-refractivity contribution < 1.29 is 12.8 Å². The van der Waals surface area contributed by atoms with Crippen molar-refractivity contribution in [1.29, 1.82) is 0 Å². The van der Waals surface area contributed by atoms with Gasteiger partial charge in [-0.2, -0.15) is 0 Å². The van der Waals surface area contributed by atoms with E-state index in [1.165, 1.54) is 6.26 Å². The molecular weight excluding hydrogens is 262 g/mol. The molecule has 1 saturated heterocycles. The number of furan rings is 1. The normalized spacial score (nSPS) is 17.6. The molecule has 2 heterocycles. The summed E-state index contributed by atoms with van der Waals surface area (Å²) in [6.07, 6.45) is 3.42. The summed E-state index contributed by atoms with van der Waals surface area (Å²) in [5, 5.41) is 3.23. The molecule has 0 saturated carbocycles. The summed E-state index contributed by atoms with van der Waals surface area (Å²) in [6, 6.07) is 3.43. The van der Waals surface area contributed by atoms with Gasteiger partial charge in [0.15, 0.2) is 9.84 Å². The number of nitrogens with one attached hydrogen (secondary N) is 1. The topological polar surface area (TPSA) is 59.3 Å². The molecule has 0 unspecified atom stereocenters. The van der Waals surface area contributed by atoms with Gasteiger partial charge in [0.25, 0.3) is 0 Å². The van der Waals surface area contributed by atoms with E-state index < -0.39 is 9.84 Å². The number of rotatable bonds is 4. The largest absolute Gasteiger partial charge is 0.468 e. The molecule has 0 radical (unpaired) electrons. The summed E-state index contributed by atoms with van der Waals surface area (Å²) < 4.78 is 28.8. The SMILES string of the molecule is Cl.O=S(=O)(Cc1ccco1)CC1CCNCC1. The molecule has 1 N–H and O–H groups in total. The van der Waals surface area contributed by atoms with Gasteiger partial charge in [0.05, 0.1) is 12.0 Å². The lowest BCUT2D eigenvalue weighted by molar-refractivity contribution is 0.400. The molecule has 1 aliphatic heterocycles. The number of piperidine rings is 1. The van der Waals surface area contributed by atoms with Gasteiger partial charge in [-0.15, -0.1) is 12.4 Å². The molecule has 1 aromatic rings. The highest BCUT2D eigenvalue weighted by Crippen LogP contribution is 2.17. The fourth-order valence-corrected chi connectivity index (χ4v) is 3.85. The molecule has 6 heteroatoms. The van der Waals surface area contributed by atoms with E-state index in [1.807, 2.05) is 0 Å². The number of sulfone groups is 1. The maximum Gasteiger partial charge on any atom is 0.157 e. The van der Waals surface area contributed by atoms with Crippen LogP contribution in [0.15, 0.2) is 22.8 Å². The number of hydrogen-bond acceptors (Lipinski definition) is 4. The molecule has 4 nitrogen and oxygen atoms in total. The molecule has 0 spiro atoms. The molecule has 0 atom stereocenters. The van der Waals surface area contributed by atoms with E-state index in [0.29, 0.717) is 11.7 Å². The maximum atomic E-state index is 11.9. The quantitative estimate of drug-likeness (QED) is 0.910. The van der Waals surface area contributed by atoms with Crippen molar-refractivity contribution in [3.63, 3.8) is 0 Å². The third-order valence-electron chi connectivity index (χ3n) is 2.89. The van der Waals surface area contributed by atoms with Crippen molar-refractivity contribution in [3.8, 4) is 0 Å². The van der Waals surface area contributed by atoms with Crippen LogP contribution in [0.25, 0.3) is 0 Å². The second kappa shape index (κ2) is 6.42. The van der Waals surface area contributed by atoms with Crippen molar-refractivity contribution in [2.75, 3.05) is 18.8 Å². The Hall–Kier alpha value is -0.520. The number of hydrogen-bond donors (Lipinski definition) is 1.